The fourth-order valence-electron chi connectivity index (χ4n) is 5.33. The SMILES string of the molecule is N=CC1=NC2=C(NCN2CC2CCOC2)C(c2ccc(OCCC3CCNCC3)c(C(F)(F)F)c2)N1. The van der Waals surface area contributed by atoms with E-state index in [0.29, 0.717) is 48.0 Å². The number of aliphatic imine (C=N–C) groups is 1. The number of benzene rings is 1. The van der Waals surface area contributed by atoms with Crippen molar-refractivity contribution in [1.29, 1.82) is 5.41 Å². The lowest BCUT2D eigenvalue weighted by Gasteiger charge is -2.28. The van der Waals surface area contributed by atoms with Gasteiger partial charge in [-0.25, -0.2) is 4.99 Å². The Morgan fingerprint density at radius 1 is 1.19 bits per heavy atom. The van der Waals surface area contributed by atoms with Crippen molar-refractivity contribution < 1.29 is 22.6 Å². The quantitative estimate of drug-likeness (QED) is 0.405. The number of rotatable bonds is 8. The van der Waals surface area contributed by atoms with Crippen LogP contribution in [-0.2, 0) is 10.9 Å². The van der Waals surface area contributed by atoms with Crippen LogP contribution in [0.3, 0.4) is 0 Å². The summed E-state index contributed by atoms with van der Waals surface area (Å²) in [6.07, 6.45) is 0.293. The normalized spacial score (nSPS) is 24.8. The highest BCUT2D eigenvalue weighted by Crippen LogP contribution is 2.40. The number of hydrogen-bond acceptors (Lipinski definition) is 8. The molecule has 0 radical (unpaired) electrons. The molecule has 1 aromatic rings. The molecule has 0 saturated carbocycles. The Hall–Kier alpha value is -2.79. The van der Waals surface area contributed by atoms with E-state index in [1.807, 2.05) is 0 Å². The van der Waals surface area contributed by atoms with Gasteiger partial charge in [-0.3, -0.25) is 0 Å². The summed E-state index contributed by atoms with van der Waals surface area (Å²) in [4.78, 5) is 6.63. The van der Waals surface area contributed by atoms with Gasteiger partial charge in [-0.1, -0.05) is 6.07 Å². The summed E-state index contributed by atoms with van der Waals surface area (Å²) in [5.74, 6) is 1.69. The van der Waals surface area contributed by atoms with Gasteiger partial charge in [0.2, 0.25) is 0 Å². The second-order valence-electron chi connectivity index (χ2n) is 9.83. The van der Waals surface area contributed by atoms with Crippen molar-refractivity contribution in [3.05, 3.63) is 40.8 Å². The summed E-state index contributed by atoms with van der Waals surface area (Å²) >= 11 is 0. The van der Waals surface area contributed by atoms with Gasteiger partial charge in [0.1, 0.15) is 11.6 Å². The Morgan fingerprint density at radius 2 is 2.03 bits per heavy atom. The van der Waals surface area contributed by atoms with E-state index < -0.39 is 17.8 Å². The first-order valence-corrected chi connectivity index (χ1v) is 12.6. The van der Waals surface area contributed by atoms with Gasteiger partial charge in [-0.2, -0.15) is 13.2 Å². The molecule has 4 aliphatic rings. The molecule has 8 nitrogen and oxygen atoms in total. The Bertz CT molecular complexity index is 1020. The van der Waals surface area contributed by atoms with Crippen LogP contribution in [0, 0.1) is 17.2 Å². The lowest BCUT2D eigenvalue weighted by atomic mass is 9.95. The van der Waals surface area contributed by atoms with Crippen molar-refractivity contribution in [2.45, 2.75) is 37.9 Å². The van der Waals surface area contributed by atoms with Crippen LogP contribution in [0.25, 0.3) is 0 Å². The van der Waals surface area contributed by atoms with Gasteiger partial charge >= 0.3 is 6.18 Å². The Morgan fingerprint density at radius 3 is 2.75 bits per heavy atom. The first-order chi connectivity index (χ1) is 17.4. The minimum absolute atomic E-state index is 0.145. The topological polar surface area (TPSA) is 94.0 Å². The monoisotopic (exact) mass is 506 g/mol. The molecule has 4 heterocycles. The summed E-state index contributed by atoms with van der Waals surface area (Å²) in [5.41, 5.74) is 0.367. The number of ether oxygens (including phenoxy) is 2. The van der Waals surface area contributed by atoms with Crippen molar-refractivity contribution in [3.8, 4) is 5.75 Å². The molecule has 2 saturated heterocycles. The maximum absolute atomic E-state index is 14.1. The first-order valence-electron chi connectivity index (χ1n) is 12.6. The highest BCUT2D eigenvalue weighted by Gasteiger charge is 2.38. The Balaban J connectivity index is 1.36. The van der Waals surface area contributed by atoms with Crippen LogP contribution in [0.1, 0.15) is 42.9 Å². The third-order valence-electron chi connectivity index (χ3n) is 7.33. The summed E-state index contributed by atoms with van der Waals surface area (Å²) in [5, 5.41) is 17.5. The highest BCUT2D eigenvalue weighted by atomic mass is 19.4. The molecule has 0 aliphatic carbocycles. The van der Waals surface area contributed by atoms with E-state index in [-0.39, 0.29) is 12.4 Å². The molecule has 11 heteroatoms. The van der Waals surface area contributed by atoms with Crippen molar-refractivity contribution >= 4 is 12.1 Å². The van der Waals surface area contributed by atoms with E-state index in [4.69, 9.17) is 14.9 Å². The first kappa shape index (κ1) is 24.9. The van der Waals surface area contributed by atoms with E-state index in [1.54, 1.807) is 6.07 Å². The summed E-state index contributed by atoms with van der Waals surface area (Å²) in [6, 6.07) is 3.66. The standard InChI is InChI=1S/C25H33F3N6O2/c26-25(27,28)19-11-18(1-2-20(19)36-10-6-16-3-7-30-8-4-16)22-23-24(33-21(12-29)32-22)34(15-31-23)13-17-5-9-35-14-17/h1-2,11-12,16-17,22,29-31H,3-10,13-15H2,(H,32,33). The predicted molar refractivity (Wildman–Crippen MR) is 130 cm³/mol. The van der Waals surface area contributed by atoms with E-state index in [9.17, 15) is 13.2 Å². The van der Waals surface area contributed by atoms with Crippen molar-refractivity contribution in [3.63, 3.8) is 0 Å². The number of nitrogens with zero attached hydrogens (tertiary/aromatic N) is 2. The smallest absolute Gasteiger partial charge is 0.419 e. The molecule has 0 bridgehead atoms. The molecule has 0 amide bonds. The second kappa shape index (κ2) is 10.7. The molecule has 4 aliphatic heterocycles. The predicted octanol–water partition coefficient (Wildman–Crippen LogP) is 3.23. The molecule has 2 atom stereocenters. The summed E-state index contributed by atoms with van der Waals surface area (Å²) < 4.78 is 53.3. The van der Waals surface area contributed by atoms with Crippen molar-refractivity contribution in [1.82, 2.24) is 20.9 Å². The lowest BCUT2D eigenvalue weighted by Crippen LogP contribution is -2.37. The van der Waals surface area contributed by atoms with Crippen molar-refractivity contribution in [2.75, 3.05) is 46.1 Å². The maximum atomic E-state index is 14.1. The van der Waals surface area contributed by atoms with Gasteiger partial charge in [-0.15, -0.1) is 0 Å². The van der Waals surface area contributed by atoms with Gasteiger partial charge in [0, 0.05) is 19.1 Å². The van der Waals surface area contributed by atoms with Crippen LogP contribution >= 0.6 is 0 Å². The zero-order valence-corrected chi connectivity index (χ0v) is 20.2. The number of hydrogen-bond donors (Lipinski definition) is 4. The highest BCUT2D eigenvalue weighted by molar-refractivity contribution is 6.28. The lowest BCUT2D eigenvalue weighted by molar-refractivity contribution is -0.139. The van der Waals surface area contributed by atoms with Crippen LogP contribution in [0.5, 0.6) is 5.75 Å². The van der Waals surface area contributed by atoms with Gasteiger partial charge < -0.3 is 35.7 Å². The minimum Gasteiger partial charge on any atom is -0.493 e. The molecule has 2 unspecified atom stereocenters. The molecule has 0 aromatic heterocycles. The fraction of sp³-hybridized carbons (Fsp3) is 0.600. The Labute approximate surface area is 208 Å². The fourth-order valence-corrected chi connectivity index (χ4v) is 5.33. The molecular formula is C25H33F3N6O2. The molecule has 2 fully saturated rings. The molecular weight excluding hydrogens is 473 g/mol. The van der Waals surface area contributed by atoms with Crippen LogP contribution in [0.4, 0.5) is 13.2 Å². The molecule has 5 rings (SSSR count). The van der Waals surface area contributed by atoms with E-state index >= 15 is 0 Å². The third kappa shape index (κ3) is 5.46. The summed E-state index contributed by atoms with van der Waals surface area (Å²) in [6.45, 7) is 4.83. The summed E-state index contributed by atoms with van der Waals surface area (Å²) in [7, 11) is 0. The average Bonchev–Trinajstić information content (AvgIpc) is 3.54. The molecule has 1 aromatic carbocycles. The van der Waals surface area contributed by atoms with Crippen LogP contribution in [0.15, 0.2) is 34.7 Å². The third-order valence-corrected chi connectivity index (χ3v) is 7.33. The zero-order chi connectivity index (χ0) is 25.1. The molecule has 4 N–H and O–H groups in total. The maximum Gasteiger partial charge on any atom is 0.419 e. The molecule has 36 heavy (non-hydrogen) atoms. The largest absolute Gasteiger partial charge is 0.493 e. The van der Waals surface area contributed by atoms with Gasteiger partial charge in [0.15, 0.2) is 5.82 Å². The van der Waals surface area contributed by atoms with E-state index in [0.717, 1.165) is 64.2 Å². The van der Waals surface area contributed by atoms with Crippen molar-refractivity contribution in [2.24, 2.45) is 16.8 Å². The van der Waals surface area contributed by atoms with Crippen LogP contribution in [0.2, 0.25) is 0 Å². The van der Waals surface area contributed by atoms with Gasteiger partial charge in [0.25, 0.3) is 0 Å². The average molecular weight is 507 g/mol. The Kier molecular flexibility index (Phi) is 7.38. The molecule has 196 valence electrons. The van der Waals surface area contributed by atoms with E-state index in [1.165, 1.54) is 6.07 Å². The number of amidine groups is 1. The van der Waals surface area contributed by atoms with E-state index in [2.05, 4.69) is 25.8 Å². The van der Waals surface area contributed by atoms with Gasteiger partial charge in [0.05, 0.1) is 43.4 Å². The minimum atomic E-state index is -4.55. The number of nitrogens with one attached hydrogen (secondary N) is 4. The zero-order valence-electron chi connectivity index (χ0n) is 20.2. The van der Waals surface area contributed by atoms with Crippen LogP contribution in [-0.4, -0.2) is 63.1 Å². The molecule has 0 spiro atoms. The van der Waals surface area contributed by atoms with Gasteiger partial charge in [-0.05, 0) is 62.4 Å². The number of piperidine rings is 1. The second-order valence-corrected chi connectivity index (χ2v) is 9.83. The number of alkyl halides is 3. The van der Waals surface area contributed by atoms with Crippen LogP contribution < -0.4 is 20.7 Å². The number of halogens is 3.